The Morgan fingerprint density at radius 3 is 3.07 bits per heavy atom. The Balaban J connectivity index is 2.56. The zero-order chi connectivity index (χ0) is 11.3. The van der Waals surface area contributed by atoms with E-state index in [0.29, 0.717) is 5.89 Å². The predicted octanol–water partition coefficient (Wildman–Crippen LogP) is 1.22. The van der Waals surface area contributed by atoms with Crippen LogP contribution in [0.25, 0.3) is 0 Å². The van der Waals surface area contributed by atoms with Gasteiger partial charge < -0.3 is 14.6 Å². The van der Waals surface area contributed by atoms with Crippen molar-refractivity contribution in [2.75, 3.05) is 6.61 Å². The molecule has 0 aliphatic heterocycles. The molecule has 6 nitrogen and oxygen atoms in total. The van der Waals surface area contributed by atoms with E-state index < -0.39 is 11.6 Å². The number of hydrogen-bond donors (Lipinski definition) is 1. The molecule has 1 heterocycles. The van der Waals surface area contributed by atoms with Crippen LogP contribution in [0.1, 0.15) is 19.7 Å². The highest BCUT2D eigenvalue weighted by Crippen LogP contribution is 2.16. The van der Waals surface area contributed by atoms with Gasteiger partial charge in [-0.25, -0.2) is 4.79 Å². The number of ether oxygens (including phenoxy) is 1. The van der Waals surface area contributed by atoms with E-state index in [1.54, 1.807) is 13.8 Å². The zero-order valence-electron chi connectivity index (χ0n) is 8.69. The van der Waals surface area contributed by atoms with Gasteiger partial charge >= 0.3 is 6.09 Å². The van der Waals surface area contributed by atoms with E-state index in [1.165, 1.54) is 12.4 Å². The standard InChI is InChI=1S/C9H13N3O3/c1-4-5-14-8(13)12-9(2,3)7-10-6-11-15-7/h4,6H,1,5H2,2-3H3,(H,12,13). The minimum absolute atomic E-state index is 0.158. The number of hydrogen-bond acceptors (Lipinski definition) is 5. The van der Waals surface area contributed by atoms with Gasteiger partial charge in [-0.15, -0.1) is 0 Å². The fourth-order valence-corrected chi connectivity index (χ4v) is 0.928. The Kier molecular flexibility index (Phi) is 3.43. The molecule has 0 bridgehead atoms. The first kappa shape index (κ1) is 11.2. The highest BCUT2D eigenvalue weighted by atomic mass is 16.5. The molecule has 0 atom stereocenters. The minimum atomic E-state index is -0.755. The molecule has 1 rings (SSSR count). The first-order chi connectivity index (χ1) is 7.06. The molecule has 82 valence electrons. The summed E-state index contributed by atoms with van der Waals surface area (Å²) in [5.41, 5.74) is -0.755. The number of carbonyl (C=O) groups excluding carboxylic acids is 1. The van der Waals surface area contributed by atoms with Crippen molar-refractivity contribution in [2.24, 2.45) is 0 Å². The maximum absolute atomic E-state index is 11.2. The van der Waals surface area contributed by atoms with Crippen LogP contribution < -0.4 is 5.32 Å². The van der Waals surface area contributed by atoms with Gasteiger partial charge in [0.05, 0.1) is 0 Å². The Labute approximate surface area is 87.3 Å². The summed E-state index contributed by atoms with van der Waals surface area (Å²) in [6.07, 6.45) is 2.20. The highest BCUT2D eigenvalue weighted by Gasteiger charge is 2.28. The second kappa shape index (κ2) is 4.59. The van der Waals surface area contributed by atoms with Crippen molar-refractivity contribution in [3.05, 3.63) is 24.9 Å². The number of alkyl carbamates (subject to hydrolysis) is 1. The highest BCUT2D eigenvalue weighted by molar-refractivity contribution is 5.68. The van der Waals surface area contributed by atoms with E-state index in [2.05, 4.69) is 22.0 Å². The summed E-state index contributed by atoms with van der Waals surface area (Å²) < 4.78 is 9.62. The molecule has 1 N–H and O–H groups in total. The fourth-order valence-electron chi connectivity index (χ4n) is 0.928. The smallest absolute Gasteiger partial charge is 0.408 e. The van der Waals surface area contributed by atoms with Gasteiger partial charge in [0.1, 0.15) is 12.1 Å². The third-order valence-electron chi connectivity index (χ3n) is 1.64. The van der Waals surface area contributed by atoms with Crippen molar-refractivity contribution in [3.8, 4) is 0 Å². The summed E-state index contributed by atoms with van der Waals surface area (Å²) in [4.78, 5) is 15.1. The molecule has 0 fully saturated rings. The number of nitrogens with zero attached hydrogens (tertiary/aromatic N) is 2. The molecule has 0 saturated carbocycles. The quantitative estimate of drug-likeness (QED) is 0.757. The number of aromatic nitrogens is 2. The number of carbonyl (C=O) groups is 1. The van der Waals surface area contributed by atoms with Crippen LogP contribution in [0, 0.1) is 0 Å². The lowest BCUT2D eigenvalue weighted by atomic mass is 10.1. The van der Waals surface area contributed by atoms with E-state index >= 15 is 0 Å². The SMILES string of the molecule is C=CCOC(=O)NC(C)(C)c1ncno1. The summed E-state index contributed by atoms with van der Waals surface area (Å²) in [6.45, 7) is 7.06. The van der Waals surface area contributed by atoms with Gasteiger partial charge in [0.25, 0.3) is 5.89 Å². The molecule has 0 spiro atoms. The molecule has 1 amide bonds. The van der Waals surface area contributed by atoms with Crippen molar-refractivity contribution in [2.45, 2.75) is 19.4 Å². The molecule has 0 unspecified atom stereocenters. The van der Waals surface area contributed by atoms with Crippen molar-refractivity contribution in [1.29, 1.82) is 0 Å². The lowest BCUT2D eigenvalue weighted by Crippen LogP contribution is -2.41. The maximum atomic E-state index is 11.2. The average molecular weight is 211 g/mol. The van der Waals surface area contributed by atoms with Crippen LogP contribution in [0.15, 0.2) is 23.5 Å². The normalized spacial score (nSPS) is 10.8. The first-order valence-electron chi connectivity index (χ1n) is 4.39. The van der Waals surface area contributed by atoms with Crippen LogP contribution in [0.5, 0.6) is 0 Å². The monoisotopic (exact) mass is 211 g/mol. The summed E-state index contributed by atoms with van der Waals surface area (Å²) >= 11 is 0. The van der Waals surface area contributed by atoms with Crippen molar-refractivity contribution in [3.63, 3.8) is 0 Å². The van der Waals surface area contributed by atoms with Crippen LogP contribution in [0.4, 0.5) is 4.79 Å². The molecular formula is C9H13N3O3. The van der Waals surface area contributed by atoms with E-state index in [4.69, 9.17) is 9.26 Å². The Morgan fingerprint density at radius 1 is 1.80 bits per heavy atom. The molecular weight excluding hydrogens is 198 g/mol. The Bertz CT molecular complexity index is 332. The minimum Gasteiger partial charge on any atom is -0.445 e. The summed E-state index contributed by atoms with van der Waals surface area (Å²) in [6, 6.07) is 0. The van der Waals surface area contributed by atoms with Gasteiger partial charge in [0.2, 0.25) is 0 Å². The van der Waals surface area contributed by atoms with Gasteiger partial charge in [-0.2, -0.15) is 4.98 Å². The fraction of sp³-hybridized carbons (Fsp3) is 0.444. The molecule has 0 aliphatic rings. The lowest BCUT2D eigenvalue weighted by Gasteiger charge is -2.20. The molecule has 0 aromatic carbocycles. The van der Waals surface area contributed by atoms with E-state index in [0.717, 1.165) is 0 Å². The van der Waals surface area contributed by atoms with Crippen LogP contribution in [-0.4, -0.2) is 22.8 Å². The third-order valence-corrected chi connectivity index (χ3v) is 1.64. The van der Waals surface area contributed by atoms with Crippen LogP contribution >= 0.6 is 0 Å². The van der Waals surface area contributed by atoms with Gasteiger partial charge in [0.15, 0.2) is 6.33 Å². The number of amides is 1. The second-order valence-electron chi connectivity index (χ2n) is 3.38. The zero-order valence-corrected chi connectivity index (χ0v) is 8.69. The van der Waals surface area contributed by atoms with Crippen LogP contribution in [0.3, 0.4) is 0 Å². The topological polar surface area (TPSA) is 77.2 Å². The molecule has 0 aliphatic carbocycles. The van der Waals surface area contributed by atoms with Gasteiger partial charge in [-0.05, 0) is 13.8 Å². The van der Waals surface area contributed by atoms with Gasteiger partial charge in [0, 0.05) is 0 Å². The van der Waals surface area contributed by atoms with Crippen molar-refractivity contribution >= 4 is 6.09 Å². The molecule has 0 saturated heterocycles. The Morgan fingerprint density at radius 2 is 2.53 bits per heavy atom. The van der Waals surface area contributed by atoms with E-state index in [9.17, 15) is 4.79 Å². The number of nitrogens with one attached hydrogen (secondary N) is 1. The molecule has 6 heteroatoms. The molecule has 15 heavy (non-hydrogen) atoms. The predicted molar refractivity (Wildman–Crippen MR) is 52.0 cm³/mol. The van der Waals surface area contributed by atoms with Crippen LogP contribution in [0.2, 0.25) is 0 Å². The molecule has 1 aromatic rings. The van der Waals surface area contributed by atoms with Crippen LogP contribution in [-0.2, 0) is 10.3 Å². The third kappa shape index (κ3) is 3.08. The molecule has 0 radical (unpaired) electrons. The van der Waals surface area contributed by atoms with E-state index in [1.807, 2.05) is 0 Å². The number of rotatable bonds is 4. The van der Waals surface area contributed by atoms with Gasteiger partial charge in [-0.1, -0.05) is 17.8 Å². The average Bonchev–Trinajstić information content (AvgIpc) is 2.67. The van der Waals surface area contributed by atoms with E-state index in [-0.39, 0.29) is 6.61 Å². The van der Waals surface area contributed by atoms with Crippen molar-refractivity contribution in [1.82, 2.24) is 15.5 Å². The molecule has 1 aromatic heterocycles. The van der Waals surface area contributed by atoms with Crippen molar-refractivity contribution < 1.29 is 14.1 Å². The summed E-state index contributed by atoms with van der Waals surface area (Å²) in [7, 11) is 0. The Hall–Kier alpha value is -1.85. The lowest BCUT2D eigenvalue weighted by molar-refractivity contribution is 0.141. The summed E-state index contributed by atoms with van der Waals surface area (Å²) in [5.74, 6) is 0.318. The summed E-state index contributed by atoms with van der Waals surface area (Å²) in [5, 5.41) is 6.05. The first-order valence-corrected chi connectivity index (χ1v) is 4.39. The second-order valence-corrected chi connectivity index (χ2v) is 3.38. The van der Waals surface area contributed by atoms with Gasteiger partial charge in [-0.3, -0.25) is 0 Å². The maximum Gasteiger partial charge on any atom is 0.408 e. The largest absolute Gasteiger partial charge is 0.445 e.